The topological polar surface area (TPSA) is 73.0 Å². The number of nitrogens with zero attached hydrogens (tertiary/aromatic N) is 3. The molecule has 3 aromatic heterocycles. The Bertz CT molecular complexity index is 854. The lowest BCUT2D eigenvalue weighted by atomic mass is 10.3. The molecule has 0 unspecified atom stereocenters. The van der Waals surface area contributed by atoms with E-state index >= 15 is 0 Å². The molecule has 1 fully saturated rings. The molecule has 8 heteroatoms. The molecule has 0 aromatic carbocycles. The van der Waals surface area contributed by atoms with Crippen LogP contribution in [-0.4, -0.2) is 25.9 Å². The zero-order chi connectivity index (χ0) is 17.9. The second kappa shape index (κ2) is 7.67. The molecule has 136 valence electrons. The van der Waals surface area contributed by atoms with Gasteiger partial charge in [-0.2, -0.15) is 0 Å². The number of carbonyl (C=O) groups excluding carboxylic acids is 1. The van der Waals surface area contributed by atoms with Crippen molar-refractivity contribution in [1.82, 2.24) is 20.1 Å². The second-order valence-corrected chi connectivity index (χ2v) is 8.65. The maximum atomic E-state index is 12.4. The van der Waals surface area contributed by atoms with Crippen LogP contribution in [0.2, 0.25) is 0 Å². The van der Waals surface area contributed by atoms with Crippen molar-refractivity contribution in [3.05, 3.63) is 52.4 Å². The van der Waals surface area contributed by atoms with Gasteiger partial charge >= 0.3 is 0 Å². The Morgan fingerprint density at radius 2 is 2.31 bits per heavy atom. The van der Waals surface area contributed by atoms with Gasteiger partial charge < -0.3 is 14.3 Å². The van der Waals surface area contributed by atoms with Crippen molar-refractivity contribution in [1.29, 1.82) is 0 Å². The number of hydrogen-bond acceptors (Lipinski definition) is 6. The maximum Gasteiger partial charge on any atom is 0.233 e. The predicted octanol–water partition coefficient (Wildman–Crippen LogP) is 3.66. The van der Waals surface area contributed by atoms with Crippen LogP contribution in [0.3, 0.4) is 0 Å². The molecule has 4 rings (SSSR count). The van der Waals surface area contributed by atoms with Gasteiger partial charge in [-0.1, -0.05) is 17.8 Å². The molecule has 1 atom stereocenters. The minimum atomic E-state index is -0.249. The highest BCUT2D eigenvalue weighted by Crippen LogP contribution is 2.40. The summed E-state index contributed by atoms with van der Waals surface area (Å²) in [5.74, 6) is 1.70. The fraction of sp³-hybridized carbons (Fsp3) is 0.389. The van der Waals surface area contributed by atoms with Gasteiger partial charge in [-0.05, 0) is 43.3 Å². The number of carbonyl (C=O) groups is 1. The minimum Gasteiger partial charge on any atom is -0.467 e. The van der Waals surface area contributed by atoms with Gasteiger partial charge in [0.05, 0.1) is 18.1 Å². The molecule has 1 aliphatic rings. The fourth-order valence-corrected chi connectivity index (χ4v) is 4.38. The Balaban J connectivity index is 1.42. The SMILES string of the molecule is C[C@@H](Sc1nnc(Cc2cccs2)n1C1CC1)C(=O)NCc1ccco1. The number of rotatable bonds is 8. The summed E-state index contributed by atoms with van der Waals surface area (Å²) in [7, 11) is 0. The first kappa shape index (κ1) is 17.4. The zero-order valence-corrected chi connectivity index (χ0v) is 16.1. The average Bonchev–Trinajstić information content (AvgIpc) is 3.06. The van der Waals surface area contributed by atoms with E-state index in [1.165, 1.54) is 16.6 Å². The monoisotopic (exact) mass is 388 g/mol. The number of thiophene rings is 1. The molecular weight excluding hydrogens is 368 g/mol. The fourth-order valence-electron chi connectivity index (χ4n) is 2.72. The third kappa shape index (κ3) is 4.02. The Labute approximate surface area is 160 Å². The summed E-state index contributed by atoms with van der Waals surface area (Å²) in [6.45, 7) is 2.29. The van der Waals surface area contributed by atoms with E-state index < -0.39 is 0 Å². The van der Waals surface area contributed by atoms with E-state index in [2.05, 4.69) is 37.6 Å². The lowest BCUT2D eigenvalue weighted by molar-refractivity contribution is -0.120. The number of nitrogens with one attached hydrogen (secondary N) is 1. The van der Waals surface area contributed by atoms with Gasteiger partial charge in [-0.3, -0.25) is 4.79 Å². The molecule has 1 N–H and O–H groups in total. The largest absolute Gasteiger partial charge is 0.467 e. The summed E-state index contributed by atoms with van der Waals surface area (Å²) in [5.41, 5.74) is 0. The smallest absolute Gasteiger partial charge is 0.233 e. The molecule has 0 radical (unpaired) electrons. The van der Waals surface area contributed by atoms with Crippen molar-refractivity contribution in [3.63, 3.8) is 0 Å². The zero-order valence-electron chi connectivity index (χ0n) is 14.4. The van der Waals surface area contributed by atoms with Crippen LogP contribution in [0.4, 0.5) is 0 Å². The van der Waals surface area contributed by atoms with Crippen LogP contribution in [0.5, 0.6) is 0 Å². The quantitative estimate of drug-likeness (QED) is 0.596. The van der Waals surface area contributed by atoms with E-state index in [0.29, 0.717) is 12.6 Å². The second-order valence-electron chi connectivity index (χ2n) is 6.31. The van der Waals surface area contributed by atoms with Gasteiger partial charge in [0.15, 0.2) is 5.16 Å². The van der Waals surface area contributed by atoms with Crippen LogP contribution >= 0.6 is 23.1 Å². The lowest BCUT2D eigenvalue weighted by Gasteiger charge is -2.12. The summed E-state index contributed by atoms with van der Waals surface area (Å²) in [6, 6.07) is 8.30. The summed E-state index contributed by atoms with van der Waals surface area (Å²) in [5, 5.41) is 14.3. The van der Waals surface area contributed by atoms with Gasteiger partial charge in [0.25, 0.3) is 0 Å². The first-order valence-corrected chi connectivity index (χ1v) is 10.4. The van der Waals surface area contributed by atoms with Gasteiger partial charge in [-0.15, -0.1) is 21.5 Å². The summed E-state index contributed by atoms with van der Waals surface area (Å²) in [6.07, 6.45) is 4.71. The van der Waals surface area contributed by atoms with E-state index in [4.69, 9.17) is 4.42 Å². The highest BCUT2D eigenvalue weighted by atomic mass is 32.2. The molecule has 1 amide bonds. The normalized spacial score (nSPS) is 15.1. The van der Waals surface area contributed by atoms with Crippen molar-refractivity contribution in [3.8, 4) is 0 Å². The minimum absolute atomic E-state index is 0.0310. The predicted molar refractivity (Wildman–Crippen MR) is 101 cm³/mol. The van der Waals surface area contributed by atoms with Crippen molar-refractivity contribution in [2.75, 3.05) is 0 Å². The number of furan rings is 1. The van der Waals surface area contributed by atoms with E-state index in [1.807, 2.05) is 19.1 Å². The standard InChI is InChI=1S/C18H20N4O2S2/c1-12(17(23)19-11-14-4-2-8-24-14)26-18-21-20-16(22(18)13-6-7-13)10-15-5-3-9-25-15/h2-5,8-9,12-13H,6-7,10-11H2,1H3,(H,19,23)/t12-/m1/s1. The van der Waals surface area contributed by atoms with Crippen molar-refractivity contribution >= 4 is 29.0 Å². The first-order valence-electron chi connectivity index (χ1n) is 8.63. The van der Waals surface area contributed by atoms with Gasteiger partial charge in [-0.25, -0.2) is 0 Å². The van der Waals surface area contributed by atoms with Crippen LogP contribution in [0.15, 0.2) is 45.5 Å². The van der Waals surface area contributed by atoms with Crippen LogP contribution < -0.4 is 5.32 Å². The van der Waals surface area contributed by atoms with Crippen LogP contribution in [0.1, 0.15) is 42.3 Å². The molecule has 1 saturated carbocycles. The Morgan fingerprint density at radius 1 is 1.42 bits per heavy atom. The van der Waals surface area contributed by atoms with Crippen LogP contribution in [0.25, 0.3) is 0 Å². The third-order valence-electron chi connectivity index (χ3n) is 4.23. The molecule has 3 aromatic rings. The van der Waals surface area contributed by atoms with Crippen molar-refractivity contribution in [2.45, 2.75) is 49.2 Å². The molecule has 0 saturated heterocycles. The van der Waals surface area contributed by atoms with Crippen molar-refractivity contribution < 1.29 is 9.21 Å². The first-order chi connectivity index (χ1) is 12.7. The molecule has 0 spiro atoms. The Morgan fingerprint density at radius 3 is 3.00 bits per heavy atom. The molecule has 6 nitrogen and oxygen atoms in total. The van der Waals surface area contributed by atoms with E-state index in [9.17, 15) is 4.79 Å². The highest BCUT2D eigenvalue weighted by Gasteiger charge is 2.31. The number of thioether (sulfide) groups is 1. The number of hydrogen-bond donors (Lipinski definition) is 1. The van der Waals surface area contributed by atoms with Crippen LogP contribution in [-0.2, 0) is 17.8 Å². The van der Waals surface area contributed by atoms with Gasteiger partial charge in [0, 0.05) is 17.3 Å². The van der Waals surface area contributed by atoms with Crippen molar-refractivity contribution in [2.24, 2.45) is 0 Å². The lowest BCUT2D eigenvalue weighted by Crippen LogP contribution is -2.30. The molecule has 3 heterocycles. The Kier molecular flexibility index (Phi) is 5.12. The molecule has 0 aliphatic heterocycles. The van der Waals surface area contributed by atoms with Crippen LogP contribution in [0, 0.1) is 0 Å². The van der Waals surface area contributed by atoms with E-state index in [1.54, 1.807) is 17.6 Å². The Hall–Kier alpha value is -2.06. The molecule has 26 heavy (non-hydrogen) atoms. The van der Waals surface area contributed by atoms with Gasteiger partial charge in [0.1, 0.15) is 11.6 Å². The number of aromatic nitrogens is 3. The summed E-state index contributed by atoms with van der Waals surface area (Å²) >= 11 is 3.20. The third-order valence-corrected chi connectivity index (χ3v) is 6.16. The molecule has 0 bridgehead atoms. The van der Waals surface area contributed by atoms with Gasteiger partial charge in [0.2, 0.25) is 5.91 Å². The maximum absolute atomic E-state index is 12.4. The molecular formula is C18H20N4O2S2. The highest BCUT2D eigenvalue weighted by molar-refractivity contribution is 8.00. The molecule has 1 aliphatic carbocycles. The summed E-state index contributed by atoms with van der Waals surface area (Å²) in [4.78, 5) is 13.7. The van der Waals surface area contributed by atoms with E-state index in [0.717, 1.165) is 36.0 Å². The average molecular weight is 389 g/mol. The number of amides is 1. The van der Waals surface area contributed by atoms with E-state index in [-0.39, 0.29) is 11.2 Å². The summed E-state index contributed by atoms with van der Waals surface area (Å²) < 4.78 is 7.47.